The highest BCUT2D eigenvalue weighted by Gasteiger charge is 2.40. The van der Waals surface area contributed by atoms with E-state index in [0.29, 0.717) is 6.04 Å². The molecule has 104 valence electrons. The minimum absolute atomic E-state index is 0.263. The highest BCUT2D eigenvalue weighted by atomic mass is 15.2. The summed E-state index contributed by atoms with van der Waals surface area (Å²) in [7, 11) is 1.92. The van der Waals surface area contributed by atoms with Crippen LogP contribution in [0.3, 0.4) is 0 Å². The van der Waals surface area contributed by atoms with Gasteiger partial charge in [-0.15, -0.1) is 0 Å². The van der Waals surface area contributed by atoms with Crippen LogP contribution in [0.5, 0.6) is 0 Å². The van der Waals surface area contributed by atoms with Gasteiger partial charge in [0.1, 0.15) is 5.54 Å². The minimum atomic E-state index is -0.263. The number of nitrogens with zero attached hydrogens (tertiary/aromatic N) is 2. The first kappa shape index (κ1) is 15.5. The number of unbranched alkanes of at least 4 members (excludes halogenated alkanes) is 2. The second-order valence-electron chi connectivity index (χ2n) is 5.58. The van der Waals surface area contributed by atoms with Crippen LogP contribution in [0.25, 0.3) is 0 Å². The van der Waals surface area contributed by atoms with E-state index in [2.05, 4.69) is 30.1 Å². The third-order valence-electron chi connectivity index (χ3n) is 4.30. The molecule has 0 spiro atoms. The zero-order chi connectivity index (χ0) is 13.4. The highest BCUT2D eigenvalue weighted by Crippen LogP contribution is 2.32. The van der Waals surface area contributed by atoms with Gasteiger partial charge in [0.15, 0.2) is 0 Å². The summed E-state index contributed by atoms with van der Waals surface area (Å²) in [6, 6.07) is 3.09. The maximum absolute atomic E-state index is 9.34. The Morgan fingerprint density at radius 1 is 1.28 bits per heavy atom. The van der Waals surface area contributed by atoms with Crippen molar-refractivity contribution in [2.45, 2.75) is 70.4 Å². The van der Waals surface area contributed by atoms with Gasteiger partial charge in [-0.1, -0.05) is 26.7 Å². The fraction of sp³-hybridized carbons (Fsp3) is 0.933. The van der Waals surface area contributed by atoms with Gasteiger partial charge in [0.05, 0.1) is 6.07 Å². The van der Waals surface area contributed by atoms with Crippen LogP contribution in [0.1, 0.15) is 58.8 Å². The van der Waals surface area contributed by atoms with E-state index in [4.69, 9.17) is 0 Å². The number of rotatable bonds is 8. The smallest absolute Gasteiger partial charge is 0.108 e. The van der Waals surface area contributed by atoms with Crippen molar-refractivity contribution in [3.8, 4) is 6.07 Å². The summed E-state index contributed by atoms with van der Waals surface area (Å²) in [5.74, 6) is 0. The van der Waals surface area contributed by atoms with Crippen molar-refractivity contribution in [2.24, 2.45) is 0 Å². The summed E-state index contributed by atoms with van der Waals surface area (Å²) in [6.07, 6.45) is 8.23. The number of hydrogen-bond donors (Lipinski definition) is 1. The molecule has 0 amide bonds. The van der Waals surface area contributed by atoms with E-state index >= 15 is 0 Å². The first-order chi connectivity index (χ1) is 8.71. The van der Waals surface area contributed by atoms with E-state index in [1.165, 1.54) is 45.2 Å². The summed E-state index contributed by atoms with van der Waals surface area (Å²) in [5.41, 5.74) is -0.263. The Hall–Kier alpha value is -0.590. The Morgan fingerprint density at radius 3 is 2.28 bits per heavy atom. The van der Waals surface area contributed by atoms with E-state index in [-0.39, 0.29) is 5.54 Å². The molecule has 1 N–H and O–H groups in total. The maximum Gasteiger partial charge on any atom is 0.108 e. The van der Waals surface area contributed by atoms with Crippen molar-refractivity contribution in [1.29, 1.82) is 5.26 Å². The predicted molar refractivity (Wildman–Crippen MR) is 76.4 cm³/mol. The Kier molecular flexibility index (Phi) is 6.67. The van der Waals surface area contributed by atoms with E-state index in [9.17, 15) is 5.26 Å². The van der Waals surface area contributed by atoms with Crippen molar-refractivity contribution in [1.82, 2.24) is 10.2 Å². The second kappa shape index (κ2) is 7.76. The maximum atomic E-state index is 9.34. The lowest BCUT2D eigenvalue weighted by molar-refractivity contribution is 0.187. The molecule has 1 aliphatic rings. The quantitative estimate of drug-likeness (QED) is 0.721. The lowest BCUT2D eigenvalue weighted by Gasteiger charge is -2.30. The predicted octanol–water partition coefficient (Wildman–Crippen LogP) is 2.92. The summed E-state index contributed by atoms with van der Waals surface area (Å²) in [5, 5.41) is 12.6. The van der Waals surface area contributed by atoms with Crippen molar-refractivity contribution in [3.05, 3.63) is 0 Å². The summed E-state index contributed by atoms with van der Waals surface area (Å²) in [6.45, 7) is 6.90. The molecule has 3 nitrogen and oxygen atoms in total. The highest BCUT2D eigenvalue weighted by molar-refractivity contribution is 5.12. The fourth-order valence-corrected chi connectivity index (χ4v) is 2.91. The molecule has 0 aromatic carbocycles. The Labute approximate surface area is 113 Å². The molecule has 0 bridgehead atoms. The standard InChI is InChI=1S/C15H29N3/c1-4-6-10-18(11-7-5-2)14-8-9-15(12-14,13-16)17-3/h14,17H,4-12H2,1-3H3. The van der Waals surface area contributed by atoms with Crippen molar-refractivity contribution in [3.63, 3.8) is 0 Å². The lowest BCUT2D eigenvalue weighted by Crippen LogP contribution is -2.42. The molecule has 1 fully saturated rings. The van der Waals surface area contributed by atoms with Crippen LogP contribution in [0.15, 0.2) is 0 Å². The number of nitrogens with one attached hydrogen (secondary N) is 1. The Balaban J connectivity index is 2.55. The van der Waals surface area contributed by atoms with Gasteiger partial charge < -0.3 is 10.2 Å². The van der Waals surface area contributed by atoms with Crippen molar-refractivity contribution >= 4 is 0 Å². The molecular formula is C15H29N3. The summed E-state index contributed by atoms with van der Waals surface area (Å²) >= 11 is 0. The molecule has 0 aromatic heterocycles. The van der Waals surface area contributed by atoms with E-state index in [0.717, 1.165) is 12.8 Å². The molecule has 0 heterocycles. The molecule has 0 aliphatic heterocycles. The summed E-state index contributed by atoms with van der Waals surface area (Å²) < 4.78 is 0. The van der Waals surface area contributed by atoms with Gasteiger partial charge >= 0.3 is 0 Å². The van der Waals surface area contributed by atoms with Crippen LogP contribution in [0.4, 0.5) is 0 Å². The van der Waals surface area contributed by atoms with Gasteiger partial charge in [0.2, 0.25) is 0 Å². The van der Waals surface area contributed by atoms with Crippen molar-refractivity contribution < 1.29 is 0 Å². The largest absolute Gasteiger partial charge is 0.302 e. The fourth-order valence-electron chi connectivity index (χ4n) is 2.91. The molecule has 2 atom stereocenters. The topological polar surface area (TPSA) is 39.1 Å². The zero-order valence-corrected chi connectivity index (χ0v) is 12.3. The first-order valence-electron chi connectivity index (χ1n) is 7.55. The lowest BCUT2D eigenvalue weighted by atomic mass is 9.99. The zero-order valence-electron chi connectivity index (χ0n) is 12.3. The molecule has 0 saturated heterocycles. The van der Waals surface area contributed by atoms with E-state index < -0.39 is 0 Å². The second-order valence-corrected chi connectivity index (χ2v) is 5.58. The van der Waals surface area contributed by atoms with Crippen molar-refractivity contribution in [2.75, 3.05) is 20.1 Å². The SMILES string of the molecule is CCCCN(CCCC)C1CCC(C#N)(NC)C1. The molecule has 1 aliphatic carbocycles. The molecule has 0 aromatic rings. The minimum Gasteiger partial charge on any atom is -0.302 e. The normalized spacial score (nSPS) is 27.6. The Morgan fingerprint density at radius 2 is 1.89 bits per heavy atom. The first-order valence-corrected chi connectivity index (χ1v) is 7.55. The molecule has 1 saturated carbocycles. The van der Waals surface area contributed by atoms with Gasteiger partial charge in [-0.25, -0.2) is 0 Å². The molecular weight excluding hydrogens is 222 g/mol. The van der Waals surface area contributed by atoms with Crippen LogP contribution in [0, 0.1) is 11.3 Å². The monoisotopic (exact) mass is 251 g/mol. The molecule has 2 unspecified atom stereocenters. The van der Waals surface area contributed by atoms with Crippen LogP contribution >= 0.6 is 0 Å². The molecule has 18 heavy (non-hydrogen) atoms. The number of nitriles is 1. The van der Waals surface area contributed by atoms with Gasteiger partial charge in [-0.2, -0.15) is 5.26 Å². The van der Waals surface area contributed by atoms with Gasteiger partial charge in [-0.05, 0) is 52.2 Å². The van der Waals surface area contributed by atoms with Crippen LogP contribution in [-0.4, -0.2) is 36.6 Å². The Bertz CT molecular complexity index is 263. The van der Waals surface area contributed by atoms with Gasteiger partial charge in [0.25, 0.3) is 0 Å². The average molecular weight is 251 g/mol. The van der Waals surface area contributed by atoms with Crippen LogP contribution < -0.4 is 5.32 Å². The average Bonchev–Trinajstić information content (AvgIpc) is 2.84. The van der Waals surface area contributed by atoms with Gasteiger partial charge in [0, 0.05) is 6.04 Å². The van der Waals surface area contributed by atoms with Gasteiger partial charge in [-0.3, -0.25) is 0 Å². The number of hydrogen-bond acceptors (Lipinski definition) is 3. The molecule has 0 radical (unpaired) electrons. The molecule has 1 rings (SSSR count). The third kappa shape index (κ3) is 3.96. The van der Waals surface area contributed by atoms with Crippen LogP contribution in [0.2, 0.25) is 0 Å². The van der Waals surface area contributed by atoms with E-state index in [1.54, 1.807) is 0 Å². The third-order valence-corrected chi connectivity index (χ3v) is 4.30. The van der Waals surface area contributed by atoms with Crippen LogP contribution in [-0.2, 0) is 0 Å². The molecule has 3 heteroatoms. The van der Waals surface area contributed by atoms with E-state index in [1.807, 2.05) is 7.05 Å². The summed E-state index contributed by atoms with van der Waals surface area (Å²) in [4.78, 5) is 2.63.